The van der Waals surface area contributed by atoms with Crippen LogP contribution >= 0.6 is 0 Å². The number of rotatable bonds is 6. The van der Waals surface area contributed by atoms with Gasteiger partial charge >= 0.3 is 5.69 Å². The Morgan fingerprint density at radius 1 is 1.45 bits per heavy atom. The Hall–Kier alpha value is -1.76. The Kier molecular flexibility index (Phi) is 4.49. The summed E-state index contributed by atoms with van der Waals surface area (Å²) < 4.78 is 1.39. The maximum Gasteiger partial charge on any atom is 0.330 e. The predicted octanol–water partition coefficient (Wildman–Crippen LogP) is 0.102. The Bertz CT molecular complexity index is 572. The van der Waals surface area contributed by atoms with Crippen molar-refractivity contribution in [2.75, 3.05) is 17.6 Å². The SMILES string of the molecule is CCCCn1c(N)c(NCC2CC(O)C2)c(=O)[nH]c1=O. The van der Waals surface area contributed by atoms with E-state index in [-0.39, 0.29) is 17.6 Å². The minimum absolute atomic E-state index is 0.187. The smallest absolute Gasteiger partial charge is 0.330 e. The summed E-state index contributed by atoms with van der Waals surface area (Å²) >= 11 is 0. The number of H-pyrrole nitrogens is 1. The maximum absolute atomic E-state index is 11.8. The molecule has 0 atom stereocenters. The van der Waals surface area contributed by atoms with Crippen molar-refractivity contribution in [3.8, 4) is 0 Å². The van der Waals surface area contributed by atoms with E-state index < -0.39 is 11.2 Å². The van der Waals surface area contributed by atoms with Gasteiger partial charge in [0.25, 0.3) is 5.56 Å². The van der Waals surface area contributed by atoms with Crippen LogP contribution < -0.4 is 22.3 Å². The number of anilines is 2. The minimum Gasteiger partial charge on any atom is -0.393 e. The van der Waals surface area contributed by atoms with Crippen LogP contribution in [0.15, 0.2) is 9.59 Å². The molecule has 0 amide bonds. The van der Waals surface area contributed by atoms with Gasteiger partial charge in [-0.05, 0) is 25.2 Å². The van der Waals surface area contributed by atoms with E-state index in [9.17, 15) is 14.7 Å². The van der Waals surface area contributed by atoms with E-state index in [4.69, 9.17) is 5.73 Å². The van der Waals surface area contributed by atoms with E-state index in [0.29, 0.717) is 19.0 Å². The Labute approximate surface area is 116 Å². The molecule has 5 N–H and O–H groups in total. The van der Waals surface area contributed by atoms with Crippen molar-refractivity contribution < 1.29 is 5.11 Å². The molecule has 1 fully saturated rings. The van der Waals surface area contributed by atoms with Crippen LogP contribution in [-0.4, -0.2) is 27.3 Å². The van der Waals surface area contributed by atoms with E-state index >= 15 is 0 Å². The van der Waals surface area contributed by atoms with Crippen LogP contribution in [0.2, 0.25) is 0 Å². The number of nitrogen functional groups attached to an aromatic ring is 1. The summed E-state index contributed by atoms with van der Waals surface area (Å²) in [4.78, 5) is 25.8. The number of unbranched alkanes of at least 4 members (excludes halogenated alkanes) is 1. The van der Waals surface area contributed by atoms with Gasteiger partial charge in [-0.15, -0.1) is 0 Å². The Morgan fingerprint density at radius 3 is 2.75 bits per heavy atom. The minimum atomic E-state index is -0.486. The van der Waals surface area contributed by atoms with Gasteiger partial charge < -0.3 is 16.2 Å². The molecule has 1 saturated carbocycles. The molecule has 7 heteroatoms. The second-order valence-corrected chi connectivity index (χ2v) is 5.40. The molecule has 7 nitrogen and oxygen atoms in total. The van der Waals surface area contributed by atoms with Crippen LogP contribution in [-0.2, 0) is 6.54 Å². The molecule has 1 heterocycles. The van der Waals surface area contributed by atoms with Crippen molar-refractivity contribution in [2.24, 2.45) is 5.92 Å². The van der Waals surface area contributed by atoms with Gasteiger partial charge in [0.1, 0.15) is 11.5 Å². The fraction of sp³-hybridized carbons (Fsp3) is 0.692. The lowest BCUT2D eigenvalue weighted by Crippen LogP contribution is -2.37. The summed E-state index contributed by atoms with van der Waals surface area (Å²) in [5, 5.41) is 12.2. The molecule has 1 aliphatic rings. The highest BCUT2D eigenvalue weighted by Crippen LogP contribution is 2.27. The fourth-order valence-electron chi connectivity index (χ4n) is 2.41. The van der Waals surface area contributed by atoms with Crippen molar-refractivity contribution in [3.63, 3.8) is 0 Å². The summed E-state index contributed by atoms with van der Waals surface area (Å²) in [6.07, 6.45) is 3.01. The van der Waals surface area contributed by atoms with Crippen molar-refractivity contribution in [3.05, 3.63) is 20.8 Å². The summed E-state index contributed by atoms with van der Waals surface area (Å²) in [7, 11) is 0. The molecule has 1 aromatic rings. The first-order valence-corrected chi connectivity index (χ1v) is 7.07. The number of aliphatic hydroxyl groups excluding tert-OH is 1. The summed E-state index contributed by atoms with van der Waals surface area (Å²) in [6, 6.07) is 0. The van der Waals surface area contributed by atoms with E-state index in [1.54, 1.807) is 0 Å². The number of nitrogens with zero attached hydrogens (tertiary/aromatic N) is 1. The number of aliphatic hydroxyl groups is 1. The molecular weight excluding hydrogens is 260 g/mol. The Balaban J connectivity index is 2.14. The molecular formula is C13H22N4O3. The average molecular weight is 282 g/mol. The van der Waals surface area contributed by atoms with Gasteiger partial charge in [0.2, 0.25) is 0 Å². The van der Waals surface area contributed by atoms with Crippen molar-refractivity contribution in [2.45, 2.75) is 45.3 Å². The van der Waals surface area contributed by atoms with E-state index in [1.165, 1.54) is 4.57 Å². The molecule has 0 aromatic carbocycles. The summed E-state index contributed by atoms with van der Waals surface area (Å²) in [5.74, 6) is 0.534. The average Bonchev–Trinajstić information content (AvgIpc) is 2.35. The highest BCUT2D eigenvalue weighted by atomic mass is 16.3. The van der Waals surface area contributed by atoms with E-state index in [2.05, 4.69) is 10.3 Å². The van der Waals surface area contributed by atoms with Crippen LogP contribution in [0.25, 0.3) is 0 Å². The van der Waals surface area contributed by atoms with Gasteiger partial charge in [0.15, 0.2) is 0 Å². The van der Waals surface area contributed by atoms with E-state index in [1.807, 2.05) is 6.92 Å². The third kappa shape index (κ3) is 3.04. The maximum atomic E-state index is 11.8. The number of aromatic nitrogens is 2. The van der Waals surface area contributed by atoms with Crippen LogP contribution in [0.5, 0.6) is 0 Å². The van der Waals surface area contributed by atoms with Crippen LogP contribution in [0.3, 0.4) is 0 Å². The van der Waals surface area contributed by atoms with Crippen molar-refractivity contribution in [1.82, 2.24) is 9.55 Å². The molecule has 0 saturated heterocycles. The zero-order chi connectivity index (χ0) is 14.7. The normalized spacial score (nSPS) is 21.5. The highest BCUT2D eigenvalue weighted by Gasteiger charge is 2.27. The van der Waals surface area contributed by atoms with E-state index in [0.717, 1.165) is 25.7 Å². The quantitative estimate of drug-likeness (QED) is 0.591. The number of hydrogen-bond donors (Lipinski definition) is 4. The monoisotopic (exact) mass is 282 g/mol. The standard InChI is InChI=1S/C13H22N4O3/c1-2-3-4-17-11(14)10(12(19)16-13(17)20)15-7-8-5-9(18)6-8/h8-9,15,18H,2-7,14H2,1H3,(H,16,19,20). The predicted molar refractivity (Wildman–Crippen MR) is 77.9 cm³/mol. The number of nitrogens with two attached hydrogens (primary N) is 1. The van der Waals surface area contributed by atoms with Crippen LogP contribution in [0, 0.1) is 5.92 Å². The molecule has 0 radical (unpaired) electrons. The van der Waals surface area contributed by atoms with Crippen molar-refractivity contribution in [1.29, 1.82) is 0 Å². The zero-order valence-corrected chi connectivity index (χ0v) is 11.7. The first-order chi connectivity index (χ1) is 9.52. The first-order valence-electron chi connectivity index (χ1n) is 7.07. The summed E-state index contributed by atoms with van der Waals surface area (Å²) in [5.41, 5.74) is 5.23. The van der Waals surface area contributed by atoms with Gasteiger partial charge in [-0.25, -0.2) is 4.79 Å². The number of hydrogen-bond acceptors (Lipinski definition) is 5. The summed E-state index contributed by atoms with van der Waals surface area (Å²) in [6.45, 7) is 3.10. The lowest BCUT2D eigenvalue weighted by molar-refractivity contribution is 0.0487. The molecule has 1 aromatic heterocycles. The van der Waals surface area contributed by atoms with Crippen LogP contribution in [0.4, 0.5) is 11.5 Å². The molecule has 2 rings (SSSR count). The molecule has 0 unspecified atom stereocenters. The highest BCUT2D eigenvalue weighted by molar-refractivity contribution is 5.60. The van der Waals surface area contributed by atoms with Crippen molar-refractivity contribution >= 4 is 11.5 Å². The lowest BCUT2D eigenvalue weighted by Gasteiger charge is -2.31. The van der Waals surface area contributed by atoms with Gasteiger partial charge in [0.05, 0.1) is 6.10 Å². The molecule has 0 spiro atoms. The molecule has 1 aliphatic carbocycles. The van der Waals surface area contributed by atoms with Gasteiger partial charge in [-0.2, -0.15) is 0 Å². The molecule has 0 bridgehead atoms. The first kappa shape index (κ1) is 14.6. The van der Waals surface area contributed by atoms with Crippen LogP contribution in [0.1, 0.15) is 32.6 Å². The zero-order valence-electron chi connectivity index (χ0n) is 11.7. The second kappa shape index (κ2) is 6.13. The van der Waals surface area contributed by atoms with Gasteiger partial charge in [-0.3, -0.25) is 14.3 Å². The molecule has 0 aliphatic heterocycles. The topological polar surface area (TPSA) is 113 Å². The molecule has 20 heavy (non-hydrogen) atoms. The van der Waals surface area contributed by atoms with Gasteiger partial charge in [-0.1, -0.05) is 13.3 Å². The molecule has 112 valence electrons. The number of nitrogens with one attached hydrogen (secondary N) is 2. The number of aromatic amines is 1. The fourth-order valence-corrected chi connectivity index (χ4v) is 2.41. The third-order valence-electron chi connectivity index (χ3n) is 3.75. The second-order valence-electron chi connectivity index (χ2n) is 5.40. The largest absolute Gasteiger partial charge is 0.393 e. The lowest BCUT2D eigenvalue weighted by atomic mass is 9.82. The third-order valence-corrected chi connectivity index (χ3v) is 3.75. The Morgan fingerprint density at radius 2 is 2.15 bits per heavy atom. The van der Waals surface area contributed by atoms with Gasteiger partial charge in [0, 0.05) is 13.1 Å².